The van der Waals surface area contributed by atoms with Crippen LogP contribution in [-0.4, -0.2) is 33.3 Å². The Morgan fingerprint density at radius 3 is 2.68 bits per heavy atom. The van der Waals surface area contributed by atoms with E-state index in [1.165, 1.54) is 0 Å². The van der Waals surface area contributed by atoms with Crippen LogP contribution in [0.5, 0.6) is 5.75 Å². The standard InChI is InChI=1S/C14H21F2NO2/c1-10-4-5-13(18-3)12(8-10)11(2)17-6-7-19-9-14(15)16/h4-5,8,11,14,17H,6-7,9H2,1-3H3. The lowest BCUT2D eigenvalue weighted by molar-refractivity contribution is 0.0183. The number of benzene rings is 1. The topological polar surface area (TPSA) is 30.5 Å². The Kier molecular flexibility index (Phi) is 6.73. The highest BCUT2D eigenvalue weighted by molar-refractivity contribution is 5.38. The number of aryl methyl sites for hydroxylation is 1. The van der Waals surface area contributed by atoms with Gasteiger partial charge in [0, 0.05) is 18.2 Å². The van der Waals surface area contributed by atoms with Crippen LogP contribution in [-0.2, 0) is 4.74 Å². The van der Waals surface area contributed by atoms with Crippen molar-refractivity contribution in [3.63, 3.8) is 0 Å². The molecule has 1 unspecified atom stereocenters. The second kappa shape index (κ2) is 8.07. The van der Waals surface area contributed by atoms with E-state index in [9.17, 15) is 8.78 Å². The smallest absolute Gasteiger partial charge is 0.261 e. The third-order valence-corrected chi connectivity index (χ3v) is 2.79. The predicted molar refractivity (Wildman–Crippen MR) is 71.0 cm³/mol. The average molecular weight is 273 g/mol. The van der Waals surface area contributed by atoms with Crippen LogP contribution in [0.1, 0.15) is 24.1 Å². The molecule has 0 aromatic heterocycles. The fourth-order valence-electron chi connectivity index (χ4n) is 1.82. The predicted octanol–water partition coefficient (Wildman–Crippen LogP) is 2.94. The molecule has 19 heavy (non-hydrogen) atoms. The van der Waals surface area contributed by atoms with Gasteiger partial charge in [0.25, 0.3) is 6.43 Å². The molecule has 1 aromatic rings. The van der Waals surface area contributed by atoms with Crippen LogP contribution in [0.3, 0.4) is 0 Å². The minimum Gasteiger partial charge on any atom is -0.496 e. The van der Waals surface area contributed by atoms with Crippen LogP contribution in [0, 0.1) is 6.92 Å². The second-order valence-corrected chi connectivity index (χ2v) is 4.39. The zero-order valence-electron chi connectivity index (χ0n) is 11.6. The fourth-order valence-corrected chi connectivity index (χ4v) is 1.82. The van der Waals surface area contributed by atoms with E-state index >= 15 is 0 Å². The van der Waals surface area contributed by atoms with Gasteiger partial charge in [0.2, 0.25) is 0 Å². The normalized spacial score (nSPS) is 12.7. The lowest BCUT2D eigenvalue weighted by Crippen LogP contribution is -2.24. The number of nitrogens with one attached hydrogen (secondary N) is 1. The van der Waals surface area contributed by atoms with Gasteiger partial charge in [-0.25, -0.2) is 8.78 Å². The number of hydrogen-bond donors (Lipinski definition) is 1. The SMILES string of the molecule is COc1ccc(C)cc1C(C)NCCOCC(F)F. The summed E-state index contributed by atoms with van der Waals surface area (Å²) in [5.41, 5.74) is 2.20. The molecule has 0 heterocycles. The quantitative estimate of drug-likeness (QED) is 0.739. The molecule has 0 aliphatic carbocycles. The number of hydrogen-bond acceptors (Lipinski definition) is 3. The minimum atomic E-state index is -2.41. The number of methoxy groups -OCH3 is 1. The third-order valence-electron chi connectivity index (χ3n) is 2.79. The summed E-state index contributed by atoms with van der Waals surface area (Å²) in [4.78, 5) is 0. The lowest BCUT2D eigenvalue weighted by Gasteiger charge is -2.18. The summed E-state index contributed by atoms with van der Waals surface area (Å²) in [6, 6.07) is 6.04. The zero-order chi connectivity index (χ0) is 14.3. The van der Waals surface area contributed by atoms with Gasteiger partial charge in [-0.1, -0.05) is 17.7 Å². The molecule has 1 atom stereocenters. The Balaban J connectivity index is 2.44. The van der Waals surface area contributed by atoms with E-state index in [1.54, 1.807) is 7.11 Å². The van der Waals surface area contributed by atoms with Gasteiger partial charge in [-0.15, -0.1) is 0 Å². The largest absolute Gasteiger partial charge is 0.496 e. The van der Waals surface area contributed by atoms with Crippen molar-refractivity contribution in [3.05, 3.63) is 29.3 Å². The molecule has 0 radical (unpaired) electrons. The van der Waals surface area contributed by atoms with Crippen LogP contribution in [0.2, 0.25) is 0 Å². The van der Waals surface area contributed by atoms with E-state index < -0.39 is 13.0 Å². The highest BCUT2D eigenvalue weighted by Crippen LogP contribution is 2.25. The fraction of sp³-hybridized carbons (Fsp3) is 0.571. The Morgan fingerprint density at radius 1 is 1.32 bits per heavy atom. The maximum absolute atomic E-state index is 11.9. The van der Waals surface area contributed by atoms with E-state index in [0.717, 1.165) is 16.9 Å². The van der Waals surface area contributed by atoms with Gasteiger partial charge in [0.05, 0.1) is 13.7 Å². The molecule has 0 bridgehead atoms. The first-order valence-electron chi connectivity index (χ1n) is 6.28. The summed E-state index contributed by atoms with van der Waals surface area (Å²) in [6.45, 7) is 4.30. The highest BCUT2D eigenvalue weighted by atomic mass is 19.3. The first kappa shape index (κ1) is 15.9. The molecule has 1 N–H and O–H groups in total. The molecule has 1 aromatic carbocycles. The summed E-state index contributed by atoms with van der Waals surface area (Å²) >= 11 is 0. The highest BCUT2D eigenvalue weighted by Gasteiger charge is 2.11. The molecule has 0 saturated heterocycles. The van der Waals surface area contributed by atoms with Crippen molar-refractivity contribution in [3.8, 4) is 5.75 Å². The molecule has 0 amide bonds. The first-order valence-corrected chi connectivity index (χ1v) is 6.28. The van der Waals surface area contributed by atoms with E-state index in [1.807, 2.05) is 26.0 Å². The van der Waals surface area contributed by atoms with Gasteiger partial charge in [-0.3, -0.25) is 0 Å². The summed E-state index contributed by atoms with van der Waals surface area (Å²) in [5, 5.41) is 3.22. The summed E-state index contributed by atoms with van der Waals surface area (Å²) in [5.74, 6) is 0.819. The number of ether oxygens (including phenoxy) is 2. The Bertz CT molecular complexity index is 386. The van der Waals surface area contributed by atoms with E-state index in [4.69, 9.17) is 9.47 Å². The van der Waals surface area contributed by atoms with Gasteiger partial charge in [-0.05, 0) is 19.9 Å². The Morgan fingerprint density at radius 2 is 2.05 bits per heavy atom. The molecule has 108 valence electrons. The first-order chi connectivity index (χ1) is 9.04. The number of alkyl halides is 2. The lowest BCUT2D eigenvalue weighted by atomic mass is 10.0. The van der Waals surface area contributed by atoms with Gasteiger partial charge < -0.3 is 14.8 Å². The Labute approximate surface area is 112 Å². The maximum atomic E-state index is 11.9. The molecule has 3 nitrogen and oxygen atoms in total. The molecule has 0 spiro atoms. The van der Waals surface area contributed by atoms with Crippen molar-refractivity contribution in [2.75, 3.05) is 26.9 Å². The van der Waals surface area contributed by atoms with Crippen molar-refractivity contribution in [1.82, 2.24) is 5.32 Å². The molecule has 0 saturated carbocycles. The maximum Gasteiger partial charge on any atom is 0.261 e. The molecule has 5 heteroatoms. The van der Waals surface area contributed by atoms with Crippen LogP contribution in [0.4, 0.5) is 8.78 Å². The summed E-state index contributed by atoms with van der Waals surface area (Å²) in [7, 11) is 1.63. The molecule has 0 fully saturated rings. The molecular formula is C14H21F2NO2. The average Bonchev–Trinajstić information content (AvgIpc) is 2.37. The van der Waals surface area contributed by atoms with E-state index in [2.05, 4.69) is 11.4 Å². The van der Waals surface area contributed by atoms with Gasteiger partial charge in [0.15, 0.2) is 0 Å². The summed E-state index contributed by atoms with van der Waals surface area (Å²) < 4.78 is 33.9. The van der Waals surface area contributed by atoms with Crippen molar-refractivity contribution >= 4 is 0 Å². The van der Waals surface area contributed by atoms with Gasteiger partial charge >= 0.3 is 0 Å². The monoisotopic (exact) mass is 273 g/mol. The minimum absolute atomic E-state index is 0.0741. The molecule has 1 rings (SSSR count). The van der Waals surface area contributed by atoms with Crippen molar-refractivity contribution in [2.45, 2.75) is 26.3 Å². The molecule has 0 aliphatic rings. The summed E-state index contributed by atoms with van der Waals surface area (Å²) in [6.07, 6.45) is -2.41. The van der Waals surface area contributed by atoms with Gasteiger partial charge in [-0.2, -0.15) is 0 Å². The third kappa shape index (κ3) is 5.53. The number of rotatable bonds is 8. The number of halogens is 2. The van der Waals surface area contributed by atoms with Crippen LogP contribution in [0.15, 0.2) is 18.2 Å². The van der Waals surface area contributed by atoms with E-state index in [0.29, 0.717) is 6.54 Å². The second-order valence-electron chi connectivity index (χ2n) is 4.39. The van der Waals surface area contributed by atoms with Crippen LogP contribution >= 0.6 is 0 Å². The van der Waals surface area contributed by atoms with Crippen molar-refractivity contribution in [2.24, 2.45) is 0 Å². The van der Waals surface area contributed by atoms with Crippen molar-refractivity contribution < 1.29 is 18.3 Å². The van der Waals surface area contributed by atoms with E-state index in [-0.39, 0.29) is 12.6 Å². The van der Waals surface area contributed by atoms with Gasteiger partial charge in [0.1, 0.15) is 12.4 Å². The molecule has 0 aliphatic heterocycles. The zero-order valence-corrected chi connectivity index (χ0v) is 11.6. The van der Waals surface area contributed by atoms with Crippen molar-refractivity contribution in [1.29, 1.82) is 0 Å². The van der Waals surface area contributed by atoms with Crippen LogP contribution < -0.4 is 10.1 Å². The Hall–Kier alpha value is -1.20. The molecular weight excluding hydrogens is 252 g/mol. The van der Waals surface area contributed by atoms with Crippen LogP contribution in [0.25, 0.3) is 0 Å².